The van der Waals surface area contributed by atoms with Gasteiger partial charge in [-0.15, -0.1) is 0 Å². The molecular weight excluding hydrogens is 348 g/mol. The number of carbonyl (C=O) groups excluding carboxylic acids is 1. The summed E-state index contributed by atoms with van der Waals surface area (Å²) in [6, 6.07) is 10.8. The van der Waals surface area contributed by atoms with Crippen LogP contribution in [0.4, 0.5) is 0 Å². The van der Waals surface area contributed by atoms with Gasteiger partial charge in [0.2, 0.25) is 0 Å². The lowest BCUT2D eigenvalue weighted by Gasteiger charge is -2.08. The van der Waals surface area contributed by atoms with Gasteiger partial charge in [-0.3, -0.25) is 9.69 Å². The maximum atomic E-state index is 12.1. The van der Waals surface area contributed by atoms with Crippen LogP contribution in [0.5, 0.6) is 5.75 Å². The Hall–Kier alpha value is -2.31. The van der Waals surface area contributed by atoms with Crippen LogP contribution in [0.1, 0.15) is 18.4 Å². The van der Waals surface area contributed by atoms with Crippen molar-refractivity contribution in [3.63, 3.8) is 0 Å². The third kappa shape index (κ3) is 3.44. The number of halogens is 1. The molecule has 3 rings (SSSR count). The van der Waals surface area contributed by atoms with Crippen molar-refractivity contribution in [2.24, 2.45) is 0 Å². The molecule has 2 heterocycles. The molecule has 0 unspecified atom stereocenters. The Balaban J connectivity index is 1.68. The van der Waals surface area contributed by atoms with Crippen LogP contribution in [0.3, 0.4) is 0 Å². The molecule has 7 heteroatoms. The molecule has 0 atom stereocenters. The smallest absolute Gasteiger partial charge is 0.276 e. The van der Waals surface area contributed by atoms with Crippen LogP contribution < -0.4 is 10.1 Å². The minimum Gasteiger partial charge on any atom is -0.484 e. The van der Waals surface area contributed by atoms with E-state index in [-0.39, 0.29) is 12.5 Å². The number of para-hydroxylation sites is 1. The van der Waals surface area contributed by atoms with Gasteiger partial charge in [0.05, 0.1) is 5.02 Å². The van der Waals surface area contributed by atoms with E-state index in [2.05, 4.69) is 5.32 Å². The second-order valence-corrected chi connectivity index (χ2v) is 5.85. The Bertz CT molecular complexity index is 816. The summed E-state index contributed by atoms with van der Waals surface area (Å²) in [5.74, 6) is 1.60. The molecule has 0 radical (unpaired) electrons. The molecule has 1 N–H and O–H groups in total. The lowest BCUT2D eigenvalue weighted by Crippen LogP contribution is -2.30. The maximum absolute atomic E-state index is 12.1. The minimum atomic E-state index is -0.159. The van der Waals surface area contributed by atoms with Crippen LogP contribution in [0.25, 0.3) is 6.08 Å². The average Bonchev–Trinajstić information content (AvgIpc) is 3.11. The summed E-state index contributed by atoms with van der Waals surface area (Å²) < 4.78 is 11.3. The predicted octanol–water partition coefficient (Wildman–Crippen LogP) is 3.59. The largest absolute Gasteiger partial charge is 0.484 e. The van der Waals surface area contributed by atoms with E-state index in [9.17, 15) is 4.79 Å². The highest BCUT2D eigenvalue weighted by Gasteiger charge is 2.29. The van der Waals surface area contributed by atoms with Gasteiger partial charge in [0.15, 0.2) is 5.11 Å². The average molecular weight is 363 g/mol. The third-order valence-electron chi connectivity index (χ3n) is 3.45. The molecule has 1 saturated heterocycles. The van der Waals surface area contributed by atoms with Crippen molar-refractivity contribution in [1.29, 1.82) is 0 Å². The zero-order valence-corrected chi connectivity index (χ0v) is 14.5. The molecule has 1 amide bonds. The fourth-order valence-corrected chi connectivity index (χ4v) is 2.77. The second kappa shape index (κ2) is 7.07. The number of furan rings is 1. The second-order valence-electron chi connectivity index (χ2n) is 5.06. The van der Waals surface area contributed by atoms with Crippen molar-refractivity contribution in [2.75, 3.05) is 6.54 Å². The van der Waals surface area contributed by atoms with Crippen LogP contribution in [0.15, 0.2) is 46.5 Å². The molecule has 0 aliphatic carbocycles. The van der Waals surface area contributed by atoms with Crippen molar-refractivity contribution in [3.05, 3.63) is 58.6 Å². The van der Waals surface area contributed by atoms with Crippen molar-refractivity contribution in [2.45, 2.75) is 13.5 Å². The predicted molar refractivity (Wildman–Crippen MR) is 95.6 cm³/mol. The molecule has 1 aliphatic heterocycles. The Labute approximate surface area is 149 Å². The SMILES string of the molecule is CCN1C(=O)/C(=C\c2ccc(COc3ccccc3Cl)o2)NC1=S. The quantitative estimate of drug-likeness (QED) is 0.650. The van der Waals surface area contributed by atoms with Crippen molar-refractivity contribution in [3.8, 4) is 5.75 Å². The Kier molecular flexibility index (Phi) is 4.87. The van der Waals surface area contributed by atoms with E-state index in [1.165, 1.54) is 4.90 Å². The van der Waals surface area contributed by atoms with E-state index >= 15 is 0 Å². The first kappa shape index (κ1) is 16.5. The van der Waals surface area contributed by atoms with Gasteiger partial charge in [-0.2, -0.15) is 0 Å². The molecule has 24 heavy (non-hydrogen) atoms. The number of hydrogen-bond donors (Lipinski definition) is 1. The number of nitrogens with zero attached hydrogens (tertiary/aromatic N) is 1. The van der Waals surface area contributed by atoms with E-state index in [0.29, 0.717) is 39.6 Å². The van der Waals surface area contributed by atoms with Gasteiger partial charge >= 0.3 is 0 Å². The molecular formula is C17H15ClN2O3S. The van der Waals surface area contributed by atoms with E-state index in [1.807, 2.05) is 19.1 Å². The number of benzene rings is 1. The molecule has 0 saturated carbocycles. The molecule has 0 spiro atoms. The summed E-state index contributed by atoms with van der Waals surface area (Å²) >= 11 is 11.2. The highest BCUT2D eigenvalue weighted by atomic mass is 35.5. The number of rotatable bonds is 5. The number of amides is 1. The zero-order chi connectivity index (χ0) is 17.1. The molecule has 1 aromatic carbocycles. The van der Waals surface area contributed by atoms with Crippen LogP contribution in [0.2, 0.25) is 5.02 Å². The van der Waals surface area contributed by atoms with Crippen LogP contribution in [-0.4, -0.2) is 22.5 Å². The van der Waals surface area contributed by atoms with Gasteiger partial charge in [0, 0.05) is 12.6 Å². The summed E-state index contributed by atoms with van der Waals surface area (Å²) in [7, 11) is 0. The number of nitrogens with one attached hydrogen (secondary N) is 1. The van der Waals surface area contributed by atoms with Gasteiger partial charge in [0.1, 0.15) is 29.6 Å². The highest BCUT2D eigenvalue weighted by Crippen LogP contribution is 2.24. The number of hydrogen-bond acceptors (Lipinski definition) is 4. The van der Waals surface area contributed by atoms with Gasteiger partial charge in [-0.1, -0.05) is 23.7 Å². The molecule has 124 valence electrons. The van der Waals surface area contributed by atoms with Gasteiger partial charge < -0.3 is 14.5 Å². The summed E-state index contributed by atoms with van der Waals surface area (Å²) in [6.07, 6.45) is 1.63. The normalized spacial score (nSPS) is 15.9. The number of likely N-dealkylation sites (N-methyl/N-ethyl adjacent to an activating group) is 1. The van der Waals surface area contributed by atoms with E-state index in [1.54, 1.807) is 30.3 Å². The molecule has 1 aliphatic rings. The lowest BCUT2D eigenvalue weighted by atomic mass is 10.3. The molecule has 0 bridgehead atoms. The Morgan fingerprint density at radius 3 is 2.83 bits per heavy atom. The van der Waals surface area contributed by atoms with Crippen LogP contribution in [0, 0.1) is 0 Å². The molecule has 2 aromatic rings. The third-order valence-corrected chi connectivity index (χ3v) is 4.09. The Morgan fingerprint density at radius 2 is 2.12 bits per heavy atom. The lowest BCUT2D eigenvalue weighted by molar-refractivity contribution is -0.122. The standard InChI is InChI=1S/C17H15ClN2O3S/c1-2-20-16(21)14(19-17(20)24)9-11-7-8-12(23-11)10-22-15-6-4-3-5-13(15)18/h3-9H,2,10H2,1H3,(H,19,24)/b14-9+. The summed E-state index contributed by atoms with van der Waals surface area (Å²) in [6.45, 7) is 2.64. The van der Waals surface area contributed by atoms with Crippen LogP contribution >= 0.6 is 23.8 Å². The fourth-order valence-electron chi connectivity index (χ4n) is 2.26. The van der Waals surface area contributed by atoms with E-state index < -0.39 is 0 Å². The minimum absolute atomic E-state index is 0.159. The maximum Gasteiger partial charge on any atom is 0.276 e. The first-order chi connectivity index (χ1) is 11.6. The topological polar surface area (TPSA) is 54.7 Å². The molecule has 1 aromatic heterocycles. The Morgan fingerprint density at radius 1 is 1.33 bits per heavy atom. The number of thiocarbonyl (C=S) groups is 1. The van der Waals surface area contributed by atoms with Gasteiger partial charge in [-0.25, -0.2) is 0 Å². The first-order valence-electron chi connectivity index (χ1n) is 7.39. The summed E-state index contributed by atoms with van der Waals surface area (Å²) in [4.78, 5) is 13.6. The van der Waals surface area contributed by atoms with Crippen LogP contribution in [-0.2, 0) is 11.4 Å². The van der Waals surface area contributed by atoms with Crippen molar-refractivity contribution in [1.82, 2.24) is 10.2 Å². The number of carbonyl (C=O) groups is 1. The highest BCUT2D eigenvalue weighted by molar-refractivity contribution is 7.80. The zero-order valence-electron chi connectivity index (χ0n) is 12.9. The van der Waals surface area contributed by atoms with E-state index in [0.717, 1.165) is 0 Å². The monoisotopic (exact) mass is 362 g/mol. The fraction of sp³-hybridized carbons (Fsp3) is 0.176. The first-order valence-corrected chi connectivity index (χ1v) is 8.17. The summed E-state index contributed by atoms with van der Waals surface area (Å²) in [5.41, 5.74) is 0.398. The van der Waals surface area contributed by atoms with Crippen molar-refractivity contribution < 1.29 is 13.9 Å². The van der Waals surface area contributed by atoms with E-state index in [4.69, 9.17) is 33.0 Å². The summed E-state index contributed by atoms with van der Waals surface area (Å²) in [5, 5.41) is 3.84. The number of ether oxygens (including phenoxy) is 1. The molecule has 1 fully saturated rings. The van der Waals surface area contributed by atoms with Gasteiger partial charge in [0.25, 0.3) is 5.91 Å². The molecule has 5 nitrogen and oxygen atoms in total. The van der Waals surface area contributed by atoms with Gasteiger partial charge in [-0.05, 0) is 43.4 Å². The van der Waals surface area contributed by atoms with Crippen molar-refractivity contribution >= 4 is 40.9 Å².